The molecular weight excluding hydrogens is 348 g/mol. The Labute approximate surface area is 168 Å². The van der Waals surface area contributed by atoms with Crippen molar-refractivity contribution in [3.05, 3.63) is 65.2 Å². The molecule has 2 saturated heterocycles. The Hall–Kier alpha value is -2.33. The number of aryl methyl sites for hydroxylation is 1. The second-order valence-electron chi connectivity index (χ2n) is 8.41. The van der Waals surface area contributed by atoms with Gasteiger partial charge in [0, 0.05) is 26.2 Å². The minimum absolute atomic E-state index is 0.194. The van der Waals surface area contributed by atoms with Gasteiger partial charge in [-0.25, -0.2) is 0 Å². The molecule has 1 amide bonds. The summed E-state index contributed by atoms with van der Waals surface area (Å²) in [5.41, 5.74) is 3.58. The quantitative estimate of drug-likeness (QED) is 0.788. The van der Waals surface area contributed by atoms with Gasteiger partial charge >= 0.3 is 0 Å². The fraction of sp³-hybridized carbons (Fsp3) is 0.458. The SMILES string of the molecule is COc1cccc(CN2CCC[C@]3(CCN(Cc4cccc(C)c4)C3)C2=O)c1. The summed E-state index contributed by atoms with van der Waals surface area (Å²) in [7, 11) is 1.68. The summed E-state index contributed by atoms with van der Waals surface area (Å²) < 4.78 is 5.33. The predicted molar refractivity (Wildman–Crippen MR) is 111 cm³/mol. The molecule has 0 bridgehead atoms. The maximum Gasteiger partial charge on any atom is 0.230 e. The molecule has 2 aliphatic rings. The van der Waals surface area contributed by atoms with Gasteiger partial charge in [0.1, 0.15) is 5.75 Å². The highest BCUT2D eigenvalue weighted by atomic mass is 16.5. The molecule has 4 rings (SSSR count). The van der Waals surface area contributed by atoms with Gasteiger partial charge in [0.2, 0.25) is 5.91 Å². The number of hydrogen-bond acceptors (Lipinski definition) is 3. The van der Waals surface area contributed by atoms with Crippen LogP contribution in [0.4, 0.5) is 0 Å². The molecule has 1 spiro atoms. The van der Waals surface area contributed by atoms with Crippen LogP contribution in [0, 0.1) is 12.3 Å². The van der Waals surface area contributed by atoms with Gasteiger partial charge in [0.25, 0.3) is 0 Å². The van der Waals surface area contributed by atoms with E-state index < -0.39 is 0 Å². The van der Waals surface area contributed by atoms with Gasteiger partial charge in [0.05, 0.1) is 12.5 Å². The second-order valence-corrected chi connectivity index (χ2v) is 8.41. The average molecular weight is 379 g/mol. The molecule has 2 heterocycles. The van der Waals surface area contributed by atoms with Gasteiger partial charge in [-0.3, -0.25) is 9.69 Å². The van der Waals surface area contributed by atoms with Gasteiger partial charge < -0.3 is 9.64 Å². The van der Waals surface area contributed by atoms with Crippen molar-refractivity contribution < 1.29 is 9.53 Å². The summed E-state index contributed by atoms with van der Waals surface area (Å²) in [6.07, 6.45) is 3.09. The lowest BCUT2D eigenvalue weighted by Crippen LogP contribution is -2.49. The van der Waals surface area contributed by atoms with Crippen molar-refractivity contribution in [2.45, 2.75) is 39.3 Å². The van der Waals surface area contributed by atoms with E-state index in [0.29, 0.717) is 12.5 Å². The number of ether oxygens (including phenoxy) is 1. The Morgan fingerprint density at radius 3 is 2.57 bits per heavy atom. The number of benzene rings is 2. The van der Waals surface area contributed by atoms with Crippen LogP contribution in [0.25, 0.3) is 0 Å². The van der Waals surface area contributed by atoms with Crippen molar-refractivity contribution >= 4 is 5.91 Å². The van der Waals surface area contributed by atoms with E-state index in [1.54, 1.807) is 7.11 Å². The number of carbonyl (C=O) groups is 1. The van der Waals surface area contributed by atoms with Crippen LogP contribution in [-0.4, -0.2) is 42.5 Å². The molecule has 0 saturated carbocycles. The maximum atomic E-state index is 13.4. The number of likely N-dealkylation sites (tertiary alicyclic amines) is 2. The first-order chi connectivity index (χ1) is 13.6. The molecule has 0 aliphatic carbocycles. The third kappa shape index (κ3) is 3.93. The van der Waals surface area contributed by atoms with Crippen molar-refractivity contribution in [1.29, 1.82) is 0 Å². The molecule has 28 heavy (non-hydrogen) atoms. The molecule has 4 heteroatoms. The highest BCUT2D eigenvalue weighted by molar-refractivity contribution is 5.84. The number of piperidine rings is 1. The number of amides is 1. The normalized spacial score (nSPS) is 22.8. The van der Waals surface area contributed by atoms with Crippen LogP contribution in [0.1, 0.15) is 36.0 Å². The van der Waals surface area contributed by atoms with Gasteiger partial charge in [-0.15, -0.1) is 0 Å². The zero-order valence-electron chi connectivity index (χ0n) is 17.0. The van der Waals surface area contributed by atoms with E-state index in [2.05, 4.69) is 47.1 Å². The van der Waals surface area contributed by atoms with Gasteiger partial charge in [-0.2, -0.15) is 0 Å². The fourth-order valence-corrected chi connectivity index (χ4v) is 4.83. The fourth-order valence-electron chi connectivity index (χ4n) is 4.83. The minimum atomic E-state index is -0.194. The van der Waals surface area contributed by atoms with Crippen LogP contribution in [0.3, 0.4) is 0 Å². The van der Waals surface area contributed by atoms with Crippen LogP contribution in [0.5, 0.6) is 5.75 Å². The summed E-state index contributed by atoms with van der Waals surface area (Å²) in [5, 5.41) is 0. The summed E-state index contributed by atoms with van der Waals surface area (Å²) >= 11 is 0. The number of methoxy groups -OCH3 is 1. The first kappa shape index (κ1) is 19.0. The van der Waals surface area contributed by atoms with Crippen molar-refractivity contribution in [2.75, 3.05) is 26.7 Å². The van der Waals surface area contributed by atoms with Crippen molar-refractivity contribution in [3.8, 4) is 5.75 Å². The molecule has 2 aromatic rings. The number of hydrogen-bond donors (Lipinski definition) is 0. The molecule has 0 aromatic heterocycles. The van der Waals surface area contributed by atoms with Gasteiger partial charge in [0.15, 0.2) is 0 Å². The summed E-state index contributed by atoms with van der Waals surface area (Å²) in [6, 6.07) is 16.8. The Morgan fingerprint density at radius 2 is 1.79 bits per heavy atom. The predicted octanol–water partition coefficient (Wildman–Crippen LogP) is 4.02. The largest absolute Gasteiger partial charge is 0.497 e. The molecule has 0 radical (unpaired) electrons. The van der Waals surface area contributed by atoms with E-state index in [-0.39, 0.29) is 5.41 Å². The van der Waals surface area contributed by atoms with Crippen LogP contribution < -0.4 is 4.74 Å². The lowest BCUT2D eigenvalue weighted by molar-refractivity contribution is -0.146. The van der Waals surface area contributed by atoms with Crippen molar-refractivity contribution in [1.82, 2.24) is 9.80 Å². The third-order valence-electron chi connectivity index (χ3n) is 6.25. The standard InChI is InChI=1S/C24H30N2O2/c1-19-6-3-7-20(14-19)16-25-13-11-24(18-25)10-5-12-26(23(24)27)17-21-8-4-9-22(15-21)28-2/h3-4,6-9,14-15H,5,10-13,16-18H2,1-2H3/t24-/m1/s1. The smallest absolute Gasteiger partial charge is 0.230 e. The van der Waals surface area contributed by atoms with Gasteiger partial charge in [-0.05, 0) is 56.0 Å². The number of carbonyl (C=O) groups excluding carboxylic acids is 1. The zero-order chi connectivity index (χ0) is 19.6. The Balaban J connectivity index is 1.43. The molecule has 4 nitrogen and oxygen atoms in total. The Bertz CT molecular complexity index is 850. The highest BCUT2D eigenvalue weighted by Crippen LogP contribution is 2.41. The molecule has 2 aromatic carbocycles. The van der Waals surface area contributed by atoms with E-state index >= 15 is 0 Å². The van der Waals surface area contributed by atoms with E-state index in [9.17, 15) is 4.79 Å². The van der Waals surface area contributed by atoms with Crippen molar-refractivity contribution in [2.24, 2.45) is 5.41 Å². The van der Waals surface area contributed by atoms with Crippen LogP contribution in [0.2, 0.25) is 0 Å². The summed E-state index contributed by atoms with van der Waals surface area (Å²) in [4.78, 5) is 18.0. The number of nitrogens with zero attached hydrogens (tertiary/aromatic N) is 2. The topological polar surface area (TPSA) is 32.8 Å². The first-order valence-electron chi connectivity index (χ1n) is 10.3. The third-order valence-corrected chi connectivity index (χ3v) is 6.25. The lowest BCUT2D eigenvalue weighted by Gasteiger charge is -2.39. The minimum Gasteiger partial charge on any atom is -0.497 e. The maximum absolute atomic E-state index is 13.4. The van der Waals surface area contributed by atoms with Crippen LogP contribution in [-0.2, 0) is 17.9 Å². The molecule has 0 unspecified atom stereocenters. The monoisotopic (exact) mass is 378 g/mol. The molecular formula is C24H30N2O2. The van der Waals surface area contributed by atoms with Gasteiger partial charge in [-0.1, -0.05) is 42.0 Å². The molecule has 2 aliphatic heterocycles. The summed E-state index contributed by atoms with van der Waals surface area (Å²) in [6.45, 7) is 6.50. The molecule has 148 valence electrons. The van der Waals surface area contributed by atoms with Crippen LogP contribution in [0.15, 0.2) is 48.5 Å². The Kier molecular flexibility index (Phi) is 5.40. The lowest BCUT2D eigenvalue weighted by atomic mass is 9.78. The summed E-state index contributed by atoms with van der Waals surface area (Å²) in [5.74, 6) is 1.19. The molecule has 2 fully saturated rings. The molecule has 0 N–H and O–H groups in total. The number of rotatable bonds is 5. The van der Waals surface area contributed by atoms with Crippen LogP contribution >= 0.6 is 0 Å². The van der Waals surface area contributed by atoms with E-state index in [0.717, 1.165) is 56.8 Å². The van der Waals surface area contributed by atoms with E-state index in [4.69, 9.17) is 4.74 Å². The van der Waals surface area contributed by atoms with Crippen molar-refractivity contribution in [3.63, 3.8) is 0 Å². The first-order valence-corrected chi connectivity index (χ1v) is 10.3. The highest BCUT2D eigenvalue weighted by Gasteiger charge is 2.48. The molecule has 1 atom stereocenters. The zero-order valence-corrected chi connectivity index (χ0v) is 17.0. The van der Waals surface area contributed by atoms with E-state index in [1.165, 1.54) is 11.1 Å². The average Bonchev–Trinajstić information content (AvgIpc) is 3.09. The van der Waals surface area contributed by atoms with E-state index in [1.807, 2.05) is 18.2 Å². The second kappa shape index (κ2) is 7.96. The Morgan fingerprint density at radius 1 is 1.00 bits per heavy atom.